The highest BCUT2D eigenvalue weighted by Gasteiger charge is 2.36. The van der Waals surface area contributed by atoms with Crippen molar-refractivity contribution in [3.8, 4) is 0 Å². The fourth-order valence-electron chi connectivity index (χ4n) is 2.35. The lowest BCUT2D eigenvalue weighted by molar-refractivity contribution is -0.134. The Labute approximate surface area is 120 Å². The molecule has 0 spiro atoms. The van der Waals surface area contributed by atoms with Gasteiger partial charge >= 0.3 is 0 Å². The number of hydrogen-bond donors (Lipinski definition) is 3. The minimum absolute atomic E-state index is 0.110. The number of nitrogens with zero attached hydrogens (tertiary/aromatic N) is 4. The lowest BCUT2D eigenvalue weighted by atomic mass is 10.2. The van der Waals surface area contributed by atoms with Crippen molar-refractivity contribution in [1.82, 2.24) is 19.5 Å². The summed E-state index contributed by atoms with van der Waals surface area (Å²) in [6, 6.07) is 0. The molecule has 4 atom stereocenters. The number of nitrogens with two attached hydrogens (primary N) is 1. The predicted octanol–water partition coefficient (Wildman–Crippen LogP) is -0.588. The van der Waals surface area contributed by atoms with Crippen molar-refractivity contribution in [3.63, 3.8) is 0 Å². The molecule has 0 amide bonds. The SMILES string of the molecule is CC(O)OC[C@H]1O[C@@H](n2cnc3c(N)ncnc32)C[C@@H]1O. The van der Waals surface area contributed by atoms with E-state index in [1.54, 1.807) is 10.9 Å². The monoisotopic (exact) mass is 295 g/mol. The van der Waals surface area contributed by atoms with Crippen LogP contribution in [0.5, 0.6) is 0 Å². The zero-order valence-corrected chi connectivity index (χ0v) is 11.5. The molecule has 114 valence electrons. The number of imidazole rings is 1. The van der Waals surface area contributed by atoms with Crippen molar-refractivity contribution in [2.24, 2.45) is 0 Å². The first kappa shape index (κ1) is 14.1. The summed E-state index contributed by atoms with van der Waals surface area (Å²) in [5.41, 5.74) is 6.79. The molecule has 1 aliphatic rings. The molecule has 1 aliphatic heterocycles. The number of hydrogen-bond acceptors (Lipinski definition) is 8. The summed E-state index contributed by atoms with van der Waals surface area (Å²) < 4.78 is 12.5. The van der Waals surface area contributed by atoms with Gasteiger partial charge in [0.05, 0.1) is 19.0 Å². The summed E-state index contributed by atoms with van der Waals surface area (Å²) >= 11 is 0. The molecule has 2 aromatic rings. The summed E-state index contributed by atoms with van der Waals surface area (Å²) in [4.78, 5) is 12.2. The van der Waals surface area contributed by atoms with Crippen molar-refractivity contribution < 1.29 is 19.7 Å². The smallest absolute Gasteiger partial charge is 0.167 e. The molecular formula is C12H17N5O4. The molecule has 0 aliphatic carbocycles. The molecule has 1 fully saturated rings. The van der Waals surface area contributed by atoms with Crippen LogP contribution in [-0.4, -0.2) is 54.8 Å². The molecule has 3 heterocycles. The van der Waals surface area contributed by atoms with E-state index in [-0.39, 0.29) is 6.61 Å². The maximum Gasteiger partial charge on any atom is 0.167 e. The molecule has 0 aromatic carbocycles. The van der Waals surface area contributed by atoms with Crippen LogP contribution in [0.25, 0.3) is 11.2 Å². The molecule has 3 rings (SSSR count). The van der Waals surface area contributed by atoms with Crippen LogP contribution in [0.3, 0.4) is 0 Å². The molecule has 9 nitrogen and oxygen atoms in total. The lowest BCUT2D eigenvalue weighted by Crippen LogP contribution is -2.28. The number of rotatable bonds is 4. The van der Waals surface area contributed by atoms with E-state index in [0.717, 1.165) is 0 Å². The zero-order valence-electron chi connectivity index (χ0n) is 11.5. The van der Waals surface area contributed by atoms with Gasteiger partial charge in [0, 0.05) is 6.42 Å². The van der Waals surface area contributed by atoms with Gasteiger partial charge < -0.3 is 25.4 Å². The molecule has 1 unspecified atom stereocenters. The Bertz CT molecular complexity index is 631. The number of aromatic nitrogens is 4. The van der Waals surface area contributed by atoms with Crippen molar-refractivity contribution in [2.75, 3.05) is 12.3 Å². The Morgan fingerprint density at radius 2 is 2.33 bits per heavy atom. The van der Waals surface area contributed by atoms with Crippen molar-refractivity contribution >= 4 is 17.0 Å². The van der Waals surface area contributed by atoms with E-state index in [0.29, 0.717) is 23.4 Å². The fraction of sp³-hybridized carbons (Fsp3) is 0.583. The predicted molar refractivity (Wildman–Crippen MR) is 71.9 cm³/mol. The maximum atomic E-state index is 10.0. The summed E-state index contributed by atoms with van der Waals surface area (Å²) in [7, 11) is 0. The average molecular weight is 295 g/mol. The number of aliphatic hydroxyl groups is 2. The van der Waals surface area contributed by atoms with Gasteiger partial charge in [0.25, 0.3) is 0 Å². The van der Waals surface area contributed by atoms with Gasteiger partial charge in [-0.2, -0.15) is 0 Å². The van der Waals surface area contributed by atoms with E-state index in [2.05, 4.69) is 15.0 Å². The largest absolute Gasteiger partial charge is 0.390 e. The van der Waals surface area contributed by atoms with Crippen LogP contribution in [0, 0.1) is 0 Å². The summed E-state index contributed by atoms with van der Waals surface area (Å²) in [6.07, 6.45) is 0.777. The number of nitrogen functional groups attached to an aromatic ring is 1. The van der Waals surface area contributed by atoms with Crippen LogP contribution >= 0.6 is 0 Å². The number of anilines is 1. The highest BCUT2D eigenvalue weighted by molar-refractivity contribution is 5.81. The van der Waals surface area contributed by atoms with Crippen LogP contribution < -0.4 is 5.73 Å². The van der Waals surface area contributed by atoms with E-state index in [1.807, 2.05) is 0 Å². The van der Waals surface area contributed by atoms with Gasteiger partial charge in [0.15, 0.2) is 17.8 Å². The minimum Gasteiger partial charge on any atom is -0.390 e. The third-order valence-electron chi connectivity index (χ3n) is 3.40. The highest BCUT2D eigenvalue weighted by Crippen LogP contribution is 2.31. The van der Waals surface area contributed by atoms with Gasteiger partial charge in [-0.1, -0.05) is 0 Å². The number of aliphatic hydroxyl groups excluding tert-OH is 2. The van der Waals surface area contributed by atoms with Gasteiger partial charge in [0.2, 0.25) is 0 Å². The minimum atomic E-state index is -0.901. The third-order valence-corrected chi connectivity index (χ3v) is 3.40. The van der Waals surface area contributed by atoms with Crippen LogP contribution in [0.4, 0.5) is 5.82 Å². The quantitative estimate of drug-likeness (QED) is 0.638. The van der Waals surface area contributed by atoms with Crippen LogP contribution in [0.1, 0.15) is 19.6 Å². The van der Waals surface area contributed by atoms with Crippen molar-refractivity contribution in [2.45, 2.75) is 38.1 Å². The molecule has 0 radical (unpaired) electrons. The van der Waals surface area contributed by atoms with Crippen LogP contribution in [0.2, 0.25) is 0 Å². The Morgan fingerprint density at radius 3 is 3.10 bits per heavy atom. The number of fused-ring (bicyclic) bond motifs is 1. The molecule has 0 bridgehead atoms. The average Bonchev–Trinajstić information content (AvgIpc) is 3.01. The van der Waals surface area contributed by atoms with E-state index < -0.39 is 24.7 Å². The summed E-state index contributed by atoms with van der Waals surface area (Å²) in [5, 5.41) is 19.1. The van der Waals surface area contributed by atoms with E-state index in [1.165, 1.54) is 13.3 Å². The van der Waals surface area contributed by atoms with Gasteiger partial charge in [-0.15, -0.1) is 0 Å². The molecule has 2 aromatic heterocycles. The Kier molecular flexibility index (Phi) is 3.72. The molecular weight excluding hydrogens is 278 g/mol. The summed E-state index contributed by atoms with van der Waals surface area (Å²) in [6.45, 7) is 1.61. The second-order valence-corrected chi connectivity index (χ2v) is 4.95. The van der Waals surface area contributed by atoms with Gasteiger partial charge in [-0.3, -0.25) is 4.57 Å². The lowest BCUT2D eigenvalue weighted by Gasteiger charge is -2.16. The third kappa shape index (κ3) is 2.68. The normalized spacial score (nSPS) is 27.3. The first-order chi connectivity index (χ1) is 10.1. The van der Waals surface area contributed by atoms with Crippen LogP contribution in [-0.2, 0) is 9.47 Å². The number of ether oxygens (including phenoxy) is 2. The molecule has 9 heteroatoms. The molecule has 0 saturated carbocycles. The Balaban J connectivity index is 1.79. The first-order valence-corrected chi connectivity index (χ1v) is 6.62. The van der Waals surface area contributed by atoms with E-state index >= 15 is 0 Å². The Morgan fingerprint density at radius 1 is 1.52 bits per heavy atom. The fourth-order valence-corrected chi connectivity index (χ4v) is 2.35. The topological polar surface area (TPSA) is 129 Å². The zero-order chi connectivity index (χ0) is 15.0. The van der Waals surface area contributed by atoms with Crippen molar-refractivity contribution in [3.05, 3.63) is 12.7 Å². The van der Waals surface area contributed by atoms with Gasteiger partial charge in [-0.05, 0) is 6.92 Å². The van der Waals surface area contributed by atoms with Crippen LogP contribution in [0.15, 0.2) is 12.7 Å². The second kappa shape index (κ2) is 5.53. The molecule has 21 heavy (non-hydrogen) atoms. The maximum absolute atomic E-state index is 10.0. The highest BCUT2D eigenvalue weighted by atomic mass is 16.6. The second-order valence-electron chi connectivity index (χ2n) is 4.95. The Hall–Kier alpha value is -1.81. The van der Waals surface area contributed by atoms with Crippen molar-refractivity contribution in [1.29, 1.82) is 0 Å². The standard InChI is InChI=1S/C12H17N5O4/c1-6(18)20-3-8-7(19)2-9(21-8)17-5-16-10-11(13)14-4-15-12(10)17/h4-9,18-19H,2-3H2,1H3,(H2,13,14,15)/t6?,7-,8+,9+/m0/s1. The van der Waals surface area contributed by atoms with E-state index in [4.69, 9.17) is 20.3 Å². The van der Waals surface area contributed by atoms with E-state index in [9.17, 15) is 5.11 Å². The first-order valence-electron chi connectivity index (χ1n) is 6.62. The van der Waals surface area contributed by atoms with Gasteiger partial charge in [-0.25, -0.2) is 15.0 Å². The summed E-state index contributed by atoms with van der Waals surface area (Å²) in [5.74, 6) is 0.297. The molecule has 4 N–H and O–H groups in total. The molecule has 1 saturated heterocycles. The van der Waals surface area contributed by atoms with Gasteiger partial charge in [0.1, 0.15) is 24.2 Å².